The lowest BCUT2D eigenvalue weighted by atomic mass is 10.1. The summed E-state index contributed by atoms with van der Waals surface area (Å²) < 4.78 is 1.04. The van der Waals surface area contributed by atoms with Gasteiger partial charge in [-0.1, -0.05) is 54.1 Å². The van der Waals surface area contributed by atoms with E-state index in [1.807, 2.05) is 56.3 Å². The van der Waals surface area contributed by atoms with Crippen molar-refractivity contribution in [3.8, 4) is 0 Å². The van der Waals surface area contributed by atoms with E-state index in [9.17, 15) is 4.79 Å². The fraction of sp³-hybridized carbons (Fsp3) is 0.167. The van der Waals surface area contributed by atoms with Crippen LogP contribution in [0.4, 0.5) is 0 Å². The minimum Gasteiger partial charge on any atom is -0.345 e. The standard InChI is InChI=1S/C18H16ClNOS/c1-11-8-9-14-15(10-11)22-17(16(14)19)18(21)20-12(2)13-6-4-3-5-7-13/h3-10,12H,1-2H3,(H,20,21)/t12-/m1/s1. The normalized spacial score (nSPS) is 12.3. The quantitative estimate of drug-likeness (QED) is 0.689. The van der Waals surface area contributed by atoms with Crippen molar-refractivity contribution in [1.29, 1.82) is 0 Å². The Morgan fingerprint density at radius 2 is 1.91 bits per heavy atom. The van der Waals surface area contributed by atoms with Gasteiger partial charge in [0.05, 0.1) is 11.1 Å². The maximum atomic E-state index is 12.5. The molecular weight excluding hydrogens is 314 g/mol. The van der Waals surface area contributed by atoms with Crippen molar-refractivity contribution in [2.24, 2.45) is 0 Å². The molecule has 2 nitrogen and oxygen atoms in total. The van der Waals surface area contributed by atoms with Crippen LogP contribution in [0.15, 0.2) is 48.5 Å². The van der Waals surface area contributed by atoms with Gasteiger partial charge < -0.3 is 5.32 Å². The molecule has 0 aliphatic rings. The molecule has 0 aliphatic heterocycles. The lowest BCUT2D eigenvalue weighted by Gasteiger charge is -2.13. The first-order chi connectivity index (χ1) is 10.6. The van der Waals surface area contributed by atoms with Crippen LogP contribution in [0.1, 0.15) is 33.8 Å². The summed E-state index contributed by atoms with van der Waals surface area (Å²) in [5.41, 5.74) is 2.24. The van der Waals surface area contributed by atoms with Gasteiger partial charge in [0.1, 0.15) is 4.88 Å². The Balaban J connectivity index is 1.88. The Kier molecular flexibility index (Phi) is 4.19. The molecule has 0 bridgehead atoms. The number of hydrogen-bond acceptors (Lipinski definition) is 2. The molecule has 1 aromatic heterocycles. The maximum Gasteiger partial charge on any atom is 0.263 e. The van der Waals surface area contributed by atoms with Crippen molar-refractivity contribution >= 4 is 38.9 Å². The summed E-state index contributed by atoms with van der Waals surface area (Å²) in [6.07, 6.45) is 0. The molecule has 4 heteroatoms. The van der Waals surface area contributed by atoms with Crippen LogP contribution in [-0.2, 0) is 0 Å². The lowest BCUT2D eigenvalue weighted by Crippen LogP contribution is -2.26. The third-order valence-corrected chi connectivity index (χ3v) is 5.29. The van der Waals surface area contributed by atoms with Crippen molar-refractivity contribution in [2.75, 3.05) is 0 Å². The van der Waals surface area contributed by atoms with Crippen LogP contribution >= 0.6 is 22.9 Å². The monoisotopic (exact) mass is 329 g/mol. The molecule has 3 rings (SSSR count). The van der Waals surface area contributed by atoms with Crippen LogP contribution in [-0.4, -0.2) is 5.91 Å². The largest absolute Gasteiger partial charge is 0.345 e. The third-order valence-electron chi connectivity index (χ3n) is 3.64. The molecule has 0 saturated carbocycles. The van der Waals surface area contributed by atoms with Gasteiger partial charge in [-0.25, -0.2) is 0 Å². The highest BCUT2D eigenvalue weighted by molar-refractivity contribution is 7.21. The molecule has 112 valence electrons. The second-order valence-electron chi connectivity index (χ2n) is 5.35. The van der Waals surface area contributed by atoms with Gasteiger partial charge in [-0.05, 0) is 31.0 Å². The van der Waals surface area contributed by atoms with Gasteiger partial charge in [0.25, 0.3) is 5.91 Å². The summed E-state index contributed by atoms with van der Waals surface area (Å²) in [4.78, 5) is 13.1. The van der Waals surface area contributed by atoms with E-state index in [1.165, 1.54) is 11.3 Å². The molecule has 1 amide bonds. The van der Waals surface area contributed by atoms with E-state index in [-0.39, 0.29) is 11.9 Å². The van der Waals surface area contributed by atoms with Gasteiger partial charge >= 0.3 is 0 Å². The van der Waals surface area contributed by atoms with E-state index in [4.69, 9.17) is 11.6 Å². The molecule has 0 aliphatic carbocycles. The van der Waals surface area contributed by atoms with Gasteiger partial charge in [-0.2, -0.15) is 0 Å². The zero-order valence-corrected chi connectivity index (χ0v) is 14.0. The van der Waals surface area contributed by atoms with Crippen LogP contribution < -0.4 is 5.32 Å². The van der Waals surface area contributed by atoms with E-state index in [1.54, 1.807) is 0 Å². The van der Waals surface area contributed by atoms with Crippen LogP contribution in [0.3, 0.4) is 0 Å². The second-order valence-corrected chi connectivity index (χ2v) is 6.78. The lowest BCUT2D eigenvalue weighted by molar-refractivity contribution is 0.0944. The number of rotatable bonds is 3. The van der Waals surface area contributed by atoms with Gasteiger partial charge in [0.15, 0.2) is 0 Å². The van der Waals surface area contributed by atoms with Gasteiger partial charge in [-0.3, -0.25) is 4.79 Å². The summed E-state index contributed by atoms with van der Waals surface area (Å²) in [5.74, 6) is -0.125. The van der Waals surface area contributed by atoms with E-state index in [0.29, 0.717) is 9.90 Å². The zero-order chi connectivity index (χ0) is 15.7. The molecule has 1 heterocycles. The highest BCUT2D eigenvalue weighted by atomic mass is 35.5. The predicted molar refractivity (Wildman–Crippen MR) is 93.9 cm³/mol. The number of thiophene rings is 1. The van der Waals surface area contributed by atoms with Crippen LogP contribution in [0.5, 0.6) is 0 Å². The van der Waals surface area contributed by atoms with Crippen LogP contribution in [0.25, 0.3) is 10.1 Å². The molecule has 22 heavy (non-hydrogen) atoms. The molecule has 0 unspecified atom stereocenters. The Bertz CT molecular complexity index is 826. The molecule has 3 aromatic rings. The van der Waals surface area contributed by atoms with Crippen LogP contribution in [0.2, 0.25) is 5.02 Å². The number of fused-ring (bicyclic) bond motifs is 1. The average molecular weight is 330 g/mol. The van der Waals surface area contributed by atoms with E-state index >= 15 is 0 Å². The van der Waals surface area contributed by atoms with Gasteiger partial charge in [0, 0.05) is 10.1 Å². The smallest absolute Gasteiger partial charge is 0.263 e. The minimum absolute atomic E-state index is 0.0586. The number of carbonyl (C=O) groups excluding carboxylic acids is 1. The summed E-state index contributed by atoms with van der Waals surface area (Å²) in [5, 5.41) is 4.50. The molecule has 1 atom stereocenters. The number of carbonyl (C=O) groups is 1. The maximum absolute atomic E-state index is 12.5. The fourth-order valence-corrected chi connectivity index (χ4v) is 3.92. The SMILES string of the molecule is Cc1ccc2c(Cl)c(C(=O)N[C@H](C)c3ccccc3)sc2c1. The Hall–Kier alpha value is -1.84. The Morgan fingerprint density at radius 1 is 1.18 bits per heavy atom. The molecule has 1 N–H and O–H groups in total. The average Bonchev–Trinajstić information content (AvgIpc) is 2.84. The molecule has 2 aromatic carbocycles. The molecular formula is C18H16ClNOS. The molecule has 0 radical (unpaired) electrons. The number of hydrogen-bond donors (Lipinski definition) is 1. The minimum atomic E-state index is -0.125. The van der Waals surface area contributed by atoms with E-state index < -0.39 is 0 Å². The molecule has 0 fully saturated rings. The van der Waals surface area contributed by atoms with Crippen LogP contribution in [0, 0.1) is 6.92 Å². The summed E-state index contributed by atoms with van der Waals surface area (Å²) in [7, 11) is 0. The predicted octanol–water partition coefficient (Wildman–Crippen LogP) is 5.35. The third kappa shape index (κ3) is 2.87. The highest BCUT2D eigenvalue weighted by Crippen LogP contribution is 2.36. The topological polar surface area (TPSA) is 29.1 Å². The van der Waals surface area contributed by atoms with Gasteiger partial charge in [-0.15, -0.1) is 11.3 Å². The Morgan fingerprint density at radius 3 is 2.64 bits per heavy atom. The first-order valence-electron chi connectivity index (χ1n) is 7.10. The number of benzene rings is 2. The summed E-state index contributed by atoms with van der Waals surface area (Å²) in [6, 6.07) is 15.9. The first-order valence-corrected chi connectivity index (χ1v) is 8.30. The number of nitrogens with one attached hydrogen (secondary N) is 1. The van der Waals surface area contributed by atoms with E-state index in [2.05, 4.69) is 11.4 Å². The van der Waals surface area contributed by atoms with Crippen molar-refractivity contribution in [2.45, 2.75) is 19.9 Å². The second kappa shape index (κ2) is 6.11. The summed E-state index contributed by atoms with van der Waals surface area (Å²) >= 11 is 7.82. The Labute approximate surface area is 138 Å². The summed E-state index contributed by atoms with van der Waals surface area (Å²) in [6.45, 7) is 4.00. The number of amides is 1. The van der Waals surface area contributed by atoms with Crippen molar-refractivity contribution < 1.29 is 4.79 Å². The number of aryl methyl sites for hydroxylation is 1. The van der Waals surface area contributed by atoms with Crippen molar-refractivity contribution in [3.63, 3.8) is 0 Å². The van der Waals surface area contributed by atoms with Crippen molar-refractivity contribution in [1.82, 2.24) is 5.32 Å². The van der Waals surface area contributed by atoms with Crippen molar-refractivity contribution in [3.05, 3.63) is 69.6 Å². The first kappa shape index (κ1) is 15.1. The molecule has 0 spiro atoms. The number of halogens is 1. The van der Waals surface area contributed by atoms with E-state index in [0.717, 1.165) is 21.2 Å². The van der Waals surface area contributed by atoms with Gasteiger partial charge in [0.2, 0.25) is 0 Å². The molecule has 0 saturated heterocycles. The zero-order valence-electron chi connectivity index (χ0n) is 12.4. The highest BCUT2D eigenvalue weighted by Gasteiger charge is 2.19. The fourth-order valence-electron chi connectivity index (χ4n) is 2.41.